The lowest BCUT2D eigenvalue weighted by atomic mass is 10.0. The highest BCUT2D eigenvalue weighted by molar-refractivity contribution is 7.16. The quantitative estimate of drug-likeness (QED) is 0.453. The van der Waals surface area contributed by atoms with Gasteiger partial charge in [0, 0.05) is 29.1 Å². The van der Waals surface area contributed by atoms with E-state index in [9.17, 15) is 0 Å². The number of fused-ring (bicyclic) bond motifs is 2. The van der Waals surface area contributed by atoms with Crippen molar-refractivity contribution in [1.82, 2.24) is 14.5 Å². The second kappa shape index (κ2) is 5.68. The van der Waals surface area contributed by atoms with Crippen LogP contribution in [-0.2, 0) is 13.0 Å². The van der Waals surface area contributed by atoms with Crippen molar-refractivity contribution < 1.29 is 0 Å². The summed E-state index contributed by atoms with van der Waals surface area (Å²) < 4.78 is 3.58. The minimum Gasteiger partial charge on any atom is -0.327 e. The van der Waals surface area contributed by atoms with Gasteiger partial charge in [-0.05, 0) is 43.2 Å². The van der Waals surface area contributed by atoms with Gasteiger partial charge in [-0.25, -0.2) is 9.97 Å². The third-order valence-corrected chi connectivity index (χ3v) is 5.92. The van der Waals surface area contributed by atoms with Crippen LogP contribution >= 0.6 is 22.9 Å². The highest BCUT2D eigenvalue weighted by Gasteiger charge is 2.24. The molecule has 0 spiro atoms. The Bertz CT molecular complexity index is 1110. The lowest BCUT2D eigenvalue weighted by molar-refractivity contribution is 0.756. The van der Waals surface area contributed by atoms with Gasteiger partial charge in [-0.1, -0.05) is 23.7 Å². The summed E-state index contributed by atoms with van der Waals surface area (Å²) in [7, 11) is 0. The van der Waals surface area contributed by atoms with Crippen molar-refractivity contribution in [3.05, 3.63) is 58.3 Å². The number of halogens is 1. The largest absolute Gasteiger partial charge is 0.327 e. The third-order valence-electron chi connectivity index (χ3n) is 4.89. The molecule has 2 aromatic carbocycles. The van der Waals surface area contributed by atoms with Crippen LogP contribution in [0.15, 0.2) is 41.9 Å². The van der Waals surface area contributed by atoms with Crippen LogP contribution in [0.25, 0.3) is 32.7 Å². The zero-order chi connectivity index (χ0) is 17.0. The zero-order valence-corrected chi connectivity index (χ0v) is 15.4. The molecule has 0 saturated heterocycles. The second-order valence-electron chi connectivity index (χ2n) is 6.47. The molecule has 1 aliphatic rings. The van der Waals surface area contributed by atoms with E-state index in [-0.39, 0.29) is 0 Å². The maximum absolute atomic E-state index is 6.28. The fourth-order valence-corrected chi connectivity index (χ4v) is 4.55. The number of nitrogens with zero attached hydrogens (tertiary/aromatic N) is 3. The van der Waals surface area contributed by atoms with E-state index >= 15 is 0 Å². The Morgan fingerprint density at radius 3 is 3.00 bits per heavy atom. The molecule has 2 aromatic heterocycles. The van der Waals surface area contributed by atoms with E-state index in [1.54, 1.807) is 11.3 Å². The van der Waals surface area contributed by atoms with Gasteiger partial charge in [-0.3, -0.25) is 0 Å². The lowest BCUT2D eigenvalue weighted by Gasteiger charge is -2.11. The van der Waals surface area contributed by atoms with Gasteiger partial charge in [-0.2, -0.15) is 0 Å². The molecule has 124 valence electrons. The van der Waals surface area contributed by atoms with E-state index in [2.05, 4.69) is 40.7 Å². The van der Waals surface area contributed by atoms with Crippen LogP contribution in [0.1, 0.15) is 17.8 Å². The van der Waals surface area contributed by atoms with Crippen LogP contribution in [0.2, 0.25) is 5.02 Å². The average Bonchev–Trinajstić information content (AvgIpc) is 3.30. The summed E-state index contributed by atoms with van der Waals surface area (Å²) >= 11 is 7.96. The van der Waals surface area contributed by atoms with Crippen molar-refractivity contribution >= 4 is 33.2 Å². The summed E-state index contributed by atoms with van der Waals surface area (Å²) in [5.74, 6) is 1.17. The first-order valence-corrected chi connectivity index (χ1v) is 9.66. The molecule has 0 saturated carbocycles. The summed E-state index contributed by atoms with van der Waals surface area (Å²) in [4.78, 5) is 9.40. The smallest absolute Gasteiger partial charge is 0.109 e. The molecule has 0 bridgehead atoms. The Balaban J connectivity index is 1.79. The van der Waals surface area contributed by atoms with Gasteiger partial charge in [0.25, 0.3) is 0 Å². The first-order chi connectivity index (χ1) is 12.2. The maximum Gasteiger partial charge on any atom is 0.109 e. The van der Waals surface area contributed by atoms with Gasteiger partial charge in [0.1, 0.15) is 5.82 Å². The van der Waals surface area contributed by atoms with Crippen molar-refractivity contribution in [3.8, 4) is 22.5 Å². The summed E-state index contributed by atoms with van der Waals surface area (Å²) in [6, 6.07) is 12.5. The summed E-state index contributed by atoms with van der Waals surface area (Å²) in [5.41, 5.74) is 8.71. The molecule has 0 radical (unpaired) electrons. The van der Waals surface area contributed by atoms with Gasteiger partial charge < -0.3 is 4.57 Å². The number of aryl methyl sites for hydroxylation is 2. The molecule has 3 nitrogen and oxygen atoms in total. The molecule has 25 heavy (non-hydrogen) atoms. The molecule has 3 heterocycles. The second-order valence-corrected chi connectivity index (χ2v) is 7.80. The third kappa shape index (κ3) is 2.40. The van der Waals surface area contributed by atoms with Crippen molar-refractivity contribution in [2.24, 2.45) is 0 Å². The fraction of sp³-hybridized carbons (Fsp3) is 0.200. The van der Waals surface area contributed by atoms with Gasteiger partial charge in [0.15, 0.2) is 0 Å². The first kappa shape index (κ1) is 15.1. The number of hydrogen-bond donors (Lipinski definition) is 0. The Kier molecular flexibility index (Phi) is 3.43. The van der Waals surface area contributed by atoms with E-state index in [4.69, 9.17) is 16.6 Å². The van der Waals surface area contributed by atoms with E-state index in [0.717, 1.165) is 41.2 Å². The standard InChI is InChI=1S/C20H16ClN3S/c1-12-4-6-14(21)10-15(12)19-20(24-8-2-3-18(24)23-19)13-5-7-16-17(9-13)25-11-22-16/h4-7,9-11H,2-3,8H2,1H3. The minimum atomic E-state index is 0.748. The molecule has 0 atom stereocenters. The molecule has 1 aliphatic heterocycles. The number of benzene rings is 2. The SMILES string of the molecule is Cc1ccc(Cl)cc1-c1nc2n(c1-c1ccc3ncsc3c1)CCC2. The Labute approximate surface area is 154 Å². The lowest BCUT2D eigenvalue weighted by Crippen LogP contribution is -1.96. The summed E-state index contributed by atoms with van der Waals surface area (Å²) in [6.07, 6.45) is 2.20. The van der Waals surface area contributed by atoms with Crippen LogP contribution in [0.4, 0.5) is 0 Å². The predicted octanol–water partition coefficient (Wildman–Crippen LogP) is 5.73. The topological polar surface area (TPSA) is 30.7 Å². The molecule has 0 amide bonds. The fourth-order valence-electron chi connectivity index (χ4n) is 3.66. The van der Waals surface area contributed by atoms with Gasteiger partial charge in [-0.15, -0.1) is 11.3 Å². The van der Waals surface area contributed by atoms with Crippen LogP contribution in [0.3, 0.4) is 0 Å². The molecule has 0 fully saturated rings. The predicted molar refractivity (Wildman–Crippen MR) is 104 cm³/mol. The molecular formula is C20H16ClN3S. The van der Waals surface area contributed by atoms with E-state index in [1.807, 2.05) is 17.6 Å². The Morgan fingerprint density at radius 1 is 1.16 bits per heavy atom. The molecular weight excluding hydrogens is 350 g/mol. The van der Waals surface area contributed by atoms with E-state index in [1.165, 1.54) is 27.3 Å². The average molecular weight is 366 g/mol. The Hall–Kier alpha value is -2.17. The van der Waals surface area contributed by atoms with Crippen LogP contribution < -0.4 is 0 Å². The molecule has 0 unspecified atom stereocenters. The molecule has 0 N–H and O–H groups in total. The Morgan fingerprint density at radius 2 is 2.08 bits per heavy atom. The minimum absolute atomic E-state index is 0.748. The summed E-state index contributed by atoms with van der Waals surface area (Å²) in [5, 5.41) is 0.748. The number of aromatic nitrogens is 3. The first-order valence-electron chi connectivity index (χ1n) is 8.40. The van der Waals surface area contributed by atoms with Crippen molar-refractivity contribution in [3.63, 3.8) is 0 Å². The number of imidazole rings is 1. The number of rotatable bonds is 2. The van der Waals surface area contributed by atoms with Crippen LogP contribution in [0.5, 0.6) is 0 Å². The van der Waals surface area contributed by atoms with E-state index < -0.39 is 0 Å². The summed E-state index contributed by atoms with van der Waals surface area (Å²) in [6.45, 7) is 3.14. The molecule has 5 heteroatoms. The van der Waals surface area contributed by atoms with Gasteiger partial charge in [0.05, 0.1) is 27.1 Å². The number of thiazole rings is 1. The maximum atomic E-state index is 6.28. The molecule has 4 aromatic rings. The van der Waals surface area contributed by atoms with Crippen molar-refractivity contribution in [2.75, 3.05) is 0 Å². The number of hydrogen-bond acceptors (Lipinski definition) is 3. The van der Waals surface area contributed by atoms with E-state index in [0.29, 0.717) is 0 Å². The highest BCUT2D eigenvalue weighted by atomic mass is 35.5. The monoisotopic (exact) mass is 365 g/mol. The molecule has 0 aliphatic carbocycles. The van der Waals surface area contributed by atoms with Crippen LogP contribution in [-0.4, -0.2) is 14.5 Å². The normalized spacial score (nSPS) is 13.5. The van der Waals surface area contributed by atoms with Crippen molar-refractivity contribution in [1.29, 1.82) is 0 Å². The zero-order valence-electron chi connectivity index (χ0n) is 13.8. The van der Waals surface area contributed by atoms with Crippen molar-refractivity contribution in [2.45, 2.75) is 26.3 Å². The van der Waals surface area contributed by atoms with Gasteiger partial charge in [0.2, 0.25) is 0 Å². The highest BCUT2D eigenvalue weighted by Crippen LogP contribution is 2.38. The van der Waals surface area contributed by atoms with Crippen LogP contribution in [0, 0.1) is 6.92 Å². The van der Waals surface area contributed by atoms with Gasteiger partial charge >= 0.3 is 0 Å². The molecule has 5 rings (SSSR count).